The molecule has 42 heavy (non-hydrogen) atoms. The molecular formula is C30H52N10O2. The third-order valence-electron chi connectivity index (χ3n) is 11.6. The van der Waals surface area contributed by atoms with Crippen molar-refractivity contribution in [1.29, 1.82) is 0 Å². The average Bonchev–Trinajstić information content (AvgIpc) is 3.79. The SMILES string of the molecule is C[C@H]1CCOC2C(CNN2C)C2NCCC(NC3CC4C(CN3)C(c3ccc(CN5CC6COCC6C5)n3C)NN41)N2. The Kier molecular flexibility index (Phi) is 7.85. The van der Waals surface area contributed by atoms with Gasteiger partial charge in [-0.1, -0.05) is 0 Å². The molecule has 234 valence electrons. The molecule has 4 bridgehead atoms. The third kappa shape index (κ3) is 5.16. The van der Waals surface area contributed by atoms with Gasteiger partial charge < -0.3 is 24.7 Å². The highest BCUT2D eigenvalue weighted by atomic mass is 16.5. The van der Waals surface area contributed by atoms with Gasteiger partial charge in [0.05, 0.1) is 44.4 Å². The van der Waals surface area contributed by atoms with Crippen LogP contribution in [0.3, 0.4) is 0 Å². The standard InChI is InChI=1S/C30H52N10O2/c1-18-7-9-42-30-23(12-33-38(30)3)29-31-8-6-26(35-29)34-27-10-25-22(11-32-27)28(36-40(18)25)24-5-4-21(37(24)2)15-39-13-19-16-41-17-20(19)14-39/h4-5,18-20,22-23,25-36H,6-17H2,1-3H3/t18-,19?,20?,22?,23?,25?,26?,27?,28?,29?,30?/m0/s1. The number of nitrogens with one attached hydrogen (secondary N) is 6. The average molecular weight is 585 g/mol. The molecule has 0 saturated carbocycles. The predicted molar refractivity (Wildman–Crippen MR) is 159 cm³/mol. The number of hydrogen-bond donors (Lipinski definition) is 6. The topological polar surface area (TPSA) is 105 Å². The second-order valence-electron chi connectivity index (χ2n) is 14.1. The molecule has 6 N–H and O–H groups in total. The van der Waals surface area contributed by atoms with E-state index in [1.807, 2.05) is 0 Å². The molecule has 0 radical (unpaired) electrons. The molecule has 12 nitrogen and oxygen atoms in total. The predicted octanol–water partition coefficient (Wildman–Crippen LogP) is -0.705. The van der Waals surface area contributed by atoms with Crippen LogP contribution in [0.5, 0.6) is 0 Å². The molecule has 8 heterocycles. The van der Waals surface area contributed by atoms with Crippen molar-refractivity contribution in [2.45, 2.75) is 75.6 Å². The van der Waals surface area contributed by atoms with E-state index < -0.39 is 0 Å². The first kappa shape index (κ1) is 28.3. The van der Waals surface area contributed by atoms with Crippen molar-refractivity contribution < 1.29 is 9.47 Å². The van der Waals surface area contributed by atoms with E-state index in [2.05, 4.69) is 84.8 Å². The van der Waals surface area contributed by atoms with E-state index in [0.717, 1.165) is 77.1 Å². The maximum atomic E-state index is 6.60. The zero-order chi connectivity index (χ0) is 28.4. The summed E-state index contributed by atoms with van der Waals surface area (Å²) < 4.78 is 14.8. The summed E-state index contributed by atoms with van der Waals surface area (Å²) in [6.07, 6.45) is 4.01. The fraction of sp³-hybridized carbons (Fsp3) is 0.867. The Morgan fingerprint density at radius 2 is 1.81 bits per heavy atom. The summed E-state index contributed by atoms with van der Waals surface area (Å²) in [6.45, 7) is 11.3. The number of fused-ring (bicyclic) bond motifs is 6. The zero-order valence-corrected chi connectivity index (χ0v) is 25.6. The number of ether oxygens (including phenoxy) is 2. The van der Waals surface area contributed by atoms with Gasteiger partial charge in [0, 0.05) is 94.0 Å². The van der Waals surface area contributed by atoms with Crippen LogP contribution in [0.25, 0.3) is 0 Å². The first-order chi connectivity index (χ1) is 20.5. The van der Waals surface area contributed by atoms with Crippen molar-refractivity contribution in [2.75, 3.05) is 59.6 Å². The molecule has 8 rings (SSSR count). The molecule has 7 saturated heterocycles. The summed E-state index contributed by atoms with van der Waals surface area (Å²) in [5.41, 5.74) is 10.4. The summed E-state index contributed by atoms with van der Waals surface area (Å²) in [6, 6.07) is 5.89. The van der Waals surface area contributed by atoms with Crippen molar-refractivity contribution in [3.05, 3.63) is 23.5 Å². The summed E-state index contributed by atoms with van der Waals surface area (Å²) >= 11 is 0. The van der Waals surface area contributed by atoms with Crippen molar-refractivity contribution in [2.24, 2.45) is 30.7 Å². The van der Waals surface area contributed by atoms with Crippen LogP contribution in [0.1, 0.15) is 43.6 Å². The maximum Gasteiger partial charge on any atom is 0.129 e. The molecule has 12 heteroatoms. The number of hydrazine groups is 2. The Morgan fingerprint density at radius 3 is 2.67 bits per heavy atom. The minimum Gasteiger partial charge on any atom is -0.381 e. The summed E-state index contributed by atoms with van der Waals surface area (Å²) in [5, 5.41) is 20.3. The van der Waals surface area contributed by atoms with E-state index in [1.165, 1.54) is 24.5 Å². The van der Waals surface area contributed by atoms with Crippen LogP contribution >= 0.6 is 0 Å². The normalized spacial score (nSPS) is 45.2. The number of aromatic nitrogens is 1. The highest BCUT2D eigenvalue weighted by Crippen LogP contribution is 2.40. The van der Waals surface area contributed by atoms with Crippen molar-refractivity contribution in [3.63, 3.8) is 0 Å². The van der Waals surface area contributed by atoms with Gasteiger partial charge in [-0.2, -0.15) is 0 Å². The number of nitrogens with zero attached hydrogens (tertiary/aromatic N) is 4. The Hall–Kier alpha value is -1.16. The first-order valence-corrected chi connectivity index (χ1v) is 16.6. The monoisotopic (exact) mass is 584 g/mol. The number of piperidine rings is 1. The lowest BCUT2D eigenvalue weighted by Gasteiger charge is -2.43. The molecule has 0 aliphatic carbocycles. The van der Waals surface area contributed by atoms with Crippen LogP contribution in [-0.2, 0) is 23.1 Å². The molecule has 10 unspecified atom stereocenters. The van der Waals surface area contributed by atoms with Crippen molar-refractivity contribution >= 4 is 0 Å². The molecule has 0 spiro atoms. The van der Waals surface area contributed by atoms with Gasteiger partial charge in [-0.25, -0.2) is 15.4 Å². The molecule has 1 aromatic heterocycles. The van der Waals surface area contributed by atoms with Crippen molar-refractivity contribution in [3.8, 4) is 0 Å². The lowest BCUT2D eigenvalue weighted by atomic mass is 9.85. The second-order valence-corrected chi connectivity index (χ2v) is 14.1. The lowest BCUT2D eigenvalue weighted by molar-refractivity contribution is -0.0791. The molecule has 0 amide bonds. The van der Waals surface area contributed by atoms with E-state index in [4.69, 9.17) is 9.47 Å². The van der Waals surface area contributed by atoms with Crippen molar-refractivity contribution in [1.82, 2.24) is 51.6 Å². The van der Waals surface area contributed by atoms with E-state index in [1.54, 1.807) is 0 Å². The van der Waals surface area contributed by atoms with Gasteiger partial charge in [-0.05, 0) is 44.9 Å². The van der Waals surface area contributed by atoms with Gasteiger partial charge in [0.25, 0.3) is 0 Å². The molecule has 1 aromatic rings. The Labute approximate surface area is 250 Å². The zero-order valence-electron chi connectivity index (χ0n) is 25.6. The molecule has 7 fully saturated rings. The van der Waals surface area contributed by atoms with Crippen LogP contribution < -0.4 is 32.1 Å². The van der Waals surface area contributed by atoms with Gasteiger partial charge in [0.15, 0.2) is 0 Å². The highest BCUT2D eigenvalue weighted by Gasteiger charge is 2.49. The van der Waals surface area contributed by atoms with Crippen LogP contribution in [0.15, 0.2) is 12.1 Å². The van der Waals surface area contributed by atoms with E-state index in [9.17, 15) is 0 Å². The quantitative estimate of drug-likeness (QED) is 0.272. The van der Waals surface area contributed by atoms with E-state index in [-0.39, 0.29) is 18.6 Å². The Balaban J connectivity index is 1.01. The van der Waals surface area contributed by atoms with Crippen LogP contribution in [0.2, 0.25) is 0 Å². The Bertz CT molecular complexity index is 1090. The largest absolute Gasteiger partial charge is 0.381 e. The first-order valence-electron chi connectivity index (χ1n) is 16.6. The summed E-state index contributed by atoms with van der Waals surface area (Å²) in [5.74, 6) is 2.31. The molecule has 7 aliphatic rings. The van der Waals surface area contributed by atoms with Crippen LogP contribution in [0, 0.1) is 23.7 Å². The summed E-state index contributed by atoms with van der Waals surface area (Å²) in [7, 11) is 4.39. The minimum absolute atomic E-state index is 0.0537. The van der Waals surface area contributed by atoms with Crippen LogP contribution in [0.4, 0.5) is 0 Å². The van der Waals surface area contributed by atoms with Gasteiger partial charge in [-0.15, -0.1) is 0 Å². The smallest absolute Gasteiger partial charge is 0.129 e. The fourth-order valence-corrected chi connectivity index (χ4v) is 9.11. The van der Waals surface area contributed by atoms with E-state index >= 15 is 0 Å². The maximum absolute atomic E-state index is 6.60. The van der Waals surface area contributed by atoms with Gasteiger partial charge in [-0.3, -0.25) is 21.0 Å². The van der Waals surface area contributed by atoms with Crippen LogP contribution in [-0.4, -0.2) is 116 Å². The van der Waals surface area contributed by atoms with Gasteiger partial charge in [0.2, 0.25) is 0 Å². The number of rotatable bonds is 3. The Morgan fingerprint density at radius 1 is 0.952 bits per heavy atom. The fourth-order valence-electron chi connectivity index (χ4n) is 9.11. The van der Waals surface area contributed by atoms with E-state index in [0.29, 0.717) is 36.1 Å². The minimum atomic E-state index is 0.0537. The third-order valence-corrected chi connectivity index (χ3v) is 11.6. The van der Waals surface area contributed by atoms with Gasteiger partial charge >= 0.3 is 0 Å². The molecular weight excluding hydrogens is 532 g/mol. The highest BCUT2D eigenvalue weighted by molar-refractivity contribution is 5.23. The molecule has 7 aliphatic heterocycles. The summed E-state index contributed by atoms with van der Waals surface area (Å²) in [4.78, 5) is 2.64. The number of likely N-dealkylation sites (tertiary alicyclic amines) is 1. The molecule has 0 aromatic carbocycles. The lowest BCUT2D eigenvalue weighted by Crippen LogP contribution is -2.67. The second kappa shape index (κ2) is 11.6. The molecule has 11 atom stereocenters. The number of hydrogen-bond acceptors (Lipinski definition) is 11. The van der Waals surface area contributed by atoms with Gasteiger partial charge in [0.1, 0.15) is 6.23 Å².